The van der Waals surface area contributed by atoms with Crippen LogP contribution in [0.25, 0.3) is 0 Å². The number of ether oxygens (including phenoxy) is 2. The smallest absolute Gasteiger partial charge is 0.124 e. The van der Waals surface area contributed by atoms with Gasteiger partial charge in [0.15, 0.2) is 0 Å². The average Bonchev–Trinajstić information content (AvgIpc) is 2.97. The van der Waals surface area contributed by atoms with E-state index in [1.165, 1.54) is 6.42 Å². The minimum absolute atomic E-state index is 0.317. The Morgan fingerprint density at radius 1 is 1.25 bits per heavy atom. The lowest BCUT2D eigenvalue weighted by atomic mass is 9.96. The molecule has 1 aromatic rings. The Labute approximate surface area is 121 Å². The van der Waals surface area contributed by atoms with E-state index in [-0.39, 0.29) is 0 Å². The van der Waals surface area contributed by atoms with E-state index in [1.54, 1.807) is 14.2 Å². The van der Waals surface area contributed by atoms with Crippen molar-refractivity contribution in [2.24, 2.45) is 11.7 Å². The van der Waals surface area contributed by atoms with Crippen LogP contribution in [-0.2, 0) is 0 Å². The molecule has 2 rings (SSSR count). The maximum Gasteiger partial charge on any atom is 0.124 e. The van der Waals surface area contributed by atoms with Gasteiger partial charge in [0, 0.05) is 43.0 Å². The van der Waals surface area contributed by atoms with Crippen molar-refractivity contribution in [3.8, 4) is 11.5 Å². The first-order chi connectivity index (χ1) is 9.67. The number of benzene rings is 1. The van der Waals surface area contributed by atoms with E-state index in [1.807, 2.05) is 6.07 Å². The Morgan fingerprint density at radius 2 is 1.90 bits per heavy atom. The van der Waals surface area contributed by atoms with Gasteiger partial charge >= 0.3 is 0 Å². The fraction of sp³-hybridized carbons (Fsp3) is 0.625. The lowest BCUT2D eigenvalue weighted by molar-refractivity contribution is 0.394. The number of hydrogen-bond donors (Lipinski definition) is 1. The third-order valence-corrected chi connectivity index (χ3v) is 4.15. The number of nitrogens with two attached hydrogens (primary N) is 1. The van der Waals surface area contributed by atoms with Crippen LogP contribution in [0.5, 0.6) is 11.5 Å². The van der Waals surface area contributed by atoms with Crippen LogP contribution in [0.3, 0.4) is 0 Å². The summed E-state index contributed by atoms with van der Waals surface area (Å²) in [5, 5.41) is 0. The van der Waals surface area contributed by atoms with Crippen molar-refractivity contribution < 1.29 is 9.47 Å². The largest absolute Gasteiger partial charge is 0.497 e. The summed E-state index contributed by atoms with van der Waals surface area (Å²) in [6.07, 6.45) is 3.44. The minimum atomic E-state index is 0.317. The zero-order valence-corrected chi connectivity index (χ0v) is 12.8. The van der Waals surface area contributed by atoms with E-state index in [0.717, 1.165) is 43.1 Å². The standard InChI is InChI=1S/C16H26N2O2/c1-4-5-16(17)12-6-7-18(11-12)13-8-14(19-2)10-15(9-13)20-3/h8-10,12,16H,4-7,11,17H2,1-3H3. The topological polar surface area (TPSA) is 47.7 Å². The molecule has 1 aromatic carbocycles. The van der Waals surface area contributed by atoms with Crippen molar-refractivity contribution in [2.75, 3.05) is 32.2 Å². The van der Waals surface area contributed by atoms with Crippen LogP contribution in [-0.4, -0.2) is 33.4 Å². The monoisotopic (exact) mass is 278 g/mol. The molecule has 0 aromatic heterocycles. The molecule has 2 unspecified atom stereocenters. The lowest BCUT2D eigenvalue weighted by Gasteiger charge is -2.22. The summed E-state index contributed by atoms with van der Waals surface area (Å²) >= 11 is 0. The summed E-state index contributed by atoms with van der Waals surface area (Å²) < 4.78 is 10.7. The zero-order valence-electron chi connectivity index (χ0n) is 12.8. The summed E-state index contributed by atoms with van der Waals surface area (Å²) in [7, 11) is 3.37. The van der Waals surface area contributed by atoms with Gasteiger partial charge in [0.2, 0.25) is 0 Å². The van der Waals surface area contributed by atoms with Gasteiger partial charge in [-0.15, -0.1) is 0 Å². The summed E-state index contributed by atoms with van der Waals surface area (Å²) in [6.45, 7) is 4.27. The third-order valence-electron chi connectivity index (χ3n) is 4.15. The van der Waals surface area contributed by atoms with Crippen LogP contribution >= 0.6 is 0 Å². The van der Waals surface area contributed by atoms with Crippen molar-refractivity contribution in [1.82, 2.24) is 0 Å². The zero-order chi connectivity index (χ0) is 14.5. The normalized spacial score (nSPS) is 20.0. The van der Waals surface area contributed by atoms with Crippen LogP contribution in [0.4, 0.5) is 5.69 Å². The molecule has 112 valence electrons. The first kappa shape index (κ1) is 15.0. The minimum Gasteiger partial charge on any atom is -0.497 e. The number of rotatable bonds is 6. The van der Waals surface area contributed by atoms with Crippen molar-refractivity contribution >= 4 is 5.69 Å². The molecule has 1 aliphatic heterocycles. The van der Waals surface area contributed by atoms with Gasteiger partial charge in [-0.3, -0.25) is 0 Å². The second kappa shape index (κ2) is 6.84. The van der Waals surface area contributed by atoms with E-state index in [4.69, 9.17) is 15.2 Å². The van der Waals surface area contributed by atoms with Crippen LogP contribution < -0.4 is 20.1 Å². The second-order valence-corrected chi connectivity index (χ2v) is 5.52. The predicted octanol–water partition coefficient (Wildman–Crippen LogP) is 2.66. The Morgan fingerprint density at radius 3 is 2.45 bits per heavy atom. The molecule has 4 nitrogen and oxygen atoms in total. The van der Waals surface area contributed by atoms with Gasteiger partial charge in [-0.1, -0.05) is 13.3 Å². The number of anilines is 1. The Kier molecular flexibility index (Phi) is 5.12. The highest BCUT2D eigenvalue weighted by Gasteiger charge is 2.27. The van der Waals surface area contributed by atoms with E-state index >= 15 is 0 Å². The van der Waals surface area contributed by atoms with Gasteiger partial charge in [0.1, 0.15) is 11.5 Å². The highest BCUT2D eigenvalue weighted by Crippen LogP contribution is 2.32. The molecule has 0 radical (unpaired) electrons. The van der Waals surface area contributed by atoms with Crippen LogP contribution in [0.15, 0.2) is 18.2 Å². The molecule has 0 amide bonds. The van der Waals surface area contributed by atoms with Gasteiger partial charge in [0.05, 0.1) is 14.2 Å². The lowest BCUT2D eigenvalue weighted by Crippen LogP contribution is -2.32. The first-order valence-corrected chi connectivity index (χ1v) is 7.41. The fourth-order valence-corrected chi connectivity index (χ4v) is 2.92. The van der Waals surface area contributed by atoms with Crippen LogP contribution in [0.1, 0.15) is 26.2 Å². The highest BCUT2D eigenvalue weighted by atomic mass is 16.5. The van der Waals surface area contributed by atoms with Crippen molar-refractivity contribution in [2.45, 2.75) is 32.2 Å². The molecular weight excluding hydrogens is 252 g/mol. The molecule has 20 heavy (non-hydrogen) atoms. The Bertz CT molecular complexity index is 414. The van der Waals surface area contributed by atoms with Gasteiger partial charge < -0.3 is 20.1 Å². The molecule has 1 aliphatic rings. The average molecular weight is 278 g/mol. The molecular formula is C16H26N2O2. The third kappa shape index (κ3) is 3.37. The van der Waals surface area contributed by atoms with Gasteiger partial charge in [-0.05, 0) is 18.8 Å². The van der Waals surface area contributed by atoms with Crippen molar-refractivity contribution in [3.05, 3.63) is 18.2 Å². The number of methoxy groups -OCH3 is 2. The SMILES string of the molecule is CCCC(N)C1CCN(c2cc(OC)cc(OC)c2)C1. The van der Waals surface area contributed by atoms with Crippen molar-refractivity contribution in [1.29, 1.82) is 0 Å². The Hall–Kier alpha value is -1.42. The molecule has 0 spiro atoms. The molecule has 0 aliphatic carbocycles. The van der Waals surface area contributed by atoms with Crippen LogP contribution in [0.2, 0.25) is 0 Å². The summed E-state index contributed by atoms with van der Waals surface area (Å²) in [4.78, 5) is 2.38. The second-order valence-electron chi connectivity index (χ2n) is 5.52. The summed E-state index contributed by atoms with van der Waals surface area (Å²) in [5.74, 6) is 2.26. The Balaban J connectivity index is 2.09. The quantitative estimate of drug-likeness (QED) is 0.869. The van der Waals surface area contributed by atoms with Crippen molar-refractivity contribution in [3.63, 3.8) is 0 Å². The van der Waals surface area contributed by atoms with Gasteiger partial charge in [-0.2, -0.15) is 0 Å². The van der Waals surface area contributed by atoms with E-state index in [2.05, 4.69) is 24.0 Å². The molecule has 1 heterocycles. The summed E-state index contributed by atoms with van der Waals surface area (Å²) in [6, 6.07) is 6.35. The molecule has 0 saturated carbocycles. The van der Waals surface area contributed by atoms with E-state index in [0.29, 0.717) is 12.0 Å². The summed E-state index contributed by atoms with van der Waals surface area (Å²) in [5.41, 5.74) is 7.43. The molecule has 4 heteroatoms. The molecule has 1 saturated heterocycles. The molecule has 1 fully saturated rings. The van der Waals surface area contributed by atoms with Gasteiger partial charge in [-0.25, -0.2) is 0 Å². The van der Waals surface area contributed by atoms with E-state index in [9.17, 15) is 0 Å². The number of nitrogens with zero attached hydrogens (tertiary/aromatic N) is 1. The van der Waals surface area contributed by atoms with Crippen LogP contribution in [0, 0.1) is 5.92 Å². The highest BCUT2D eigenvalue weighted by molar-refractivity contribution is 5.56. The molecule has 2 atom stereocenters. The molecule has 0 bridgehead atoms. The predicted molar refractivity (Wildman–Crippen MR) is 82.7 cm³/mol. The van der Waals surface area contributed by atoms with E-state index < -0.39 is 0 Å². The maximum absolute atomic E-state index is 6.27. The number of hydrogen-bond acceptors (Lipinski definition) is 4. The maximum atomic E-state index is 6.27. The molecule has 2 N–H and O–H groups in total. The fourth-order valence-electron chi connectivity index (χ4n) is 2.92. The first-order valence-electron chi connectivity index (χ1n) is 7.41. The van der Waals surface area contributed by atoms with Gasteiger partial charge in [0.25, 0.3) is 0 Å².